The van der Waals surface area contributed by atoms with Crippen molar-refractivity contribution in [3.05, 3.63) is 83.8 Å². The summed E-state index contributed by atoms with van der Waals surface area (Å²) in [4.78, 5) is 21.6. The van der Waals surface area contributed by atoms with E-state index in [9.17, 15) is 9.18 Å². The highest BCUT2D eigenvalue weighted by molar-refractivity contribution is 5.94. The molecule has 0 saturated carbocycles. The summed E-state index contributed by atoms with van der Waals surface area (Å²) >= 11 is 0. The van der Waals surface area contributed by atoms with E-state index in [-0.39, 0.29) is 11.7 Å². The van der Waals surface area contributed by atoms with Gasteiger partial charge in [0, 0.05) is 62.3 Å². The van der Waals surface area contributed by atoms with Gasteiger partial charge in [0.1, 0.15) is 11.6 Å². The molecule has 2 heterocycles. The molecule has 0 unspecified atom stereocenters. The first-order valence-corrected chi connectivity index (χ1v) is 11.2. The molecule has 1 aliphatic heterocycles. The summed E-state index contributed by atoms with van der Waals surface area (Å²) in [6, 6.07) is 17.7. The van der Waals surface area contributed by atoms with Gasteiger partial charge in [-0.2, -0.15) is 0 Å². The molecule has 1 amide bonds. The lowest BCUT2D eigenvalue weighted by molar-refractivity contribution is 0.0951. The van der Waals surface area contributed by atoms with E-state index < -0.39 is 0 Å². The molecule has 1 aliphatic rings. The van der Waals surface area contributed by atoms with Gasteiger partial charge in [0.15, 0.2) is 0 Å². The van der Waals surface area contributed by atoms with Crippen LogP contribution in [0, 0.1) is 5.82 Å². The van der Waals surface area contributed by atoms with Crippen LogP contribution in [-0.4, -0.2) is 48.0 Å². The first kappa shape index (κ1) is 22.7. The number of aromatic nitrogens is 1. The normalized spacial score (nSPS) is 14.4. The molecule has 0 spiro atoms. The Bertz CT molecular complexity index is 1060. The molecule has 172 valence electrons. The van der Waals surface area contributed by atoms with Crippen LogP contribution in [0.4, 0.5) is 10.1 Å². The van der Waals surface area contributed by atoms with E-state index >= 15 is 0 Å². The number of hydrogen-bond donors (Lipinski definition) is 1. The zero-order valence-corrected chi connectivity index (χ0v) is 19.0. The maximum Gasteiger partial charge on any atom is 0.251 e. The second kappa shape index (κ2) is 10.4. The van der Waals surface area contributed by atoms with Crippen LogP contribution in [0.2, 0.25) is 0 Å². The highest BCUT2D eigenvalue weighted by Crippen LogP contribution is 2.21. The van der Waals surface area contributed by atoms with Crippen LogP contribution in [0.3, 0.4) is 0 Å². The number of amides is 1. The zero-order valence-electron chi connectivity index (χ0n) is 19.0. The predicted octanol–water partition coefficient (Wildman–Crippen LogP) is 4.47. The first-order valence-electron chi connectivity index (χ1n) is 11.2. The van der Waals surface area contributed by atoms with Gasteiger partial charge in [0.2, 0.25) is 5.88 Å². The SMILES string of the molecule is CC(C)N1CCN(c2ccc(C(=O)NCc3ccnc(Oc4ccc(F)cc4)c3)cc2)CC1. The van der Waals surface area contributed by atoms with E-state index in [2.05, 4.69) is 33.9 Å². The number of nitrogens with zero attached hydrogens (tertiary/aromatic N) is 3. The summed E-state index contributed by atoms with van der Waals surface area (Å²) in [6.07, 6.45) is 1.62. The molecule has 3 aromatic rings. The Labute approximate surface area is 194 Å². The summed E-state index contributed by atoms with van der Waals surface area (Å²) in [6.45, 7) is 8.91. The number of ether oxygens (including phenoxy) is 1. The fourth-order valence-electron chi connectivity index (χ4n) is 3.84. The van der Waals surface area contributed by atoms with E-state index in [4.69, 9.17) is 4.74 Å². The van der Waals surface area contributed by atoms with Crippen molar-refractivity contribution in [2.45, 2.75) is 26.4 Å². The second-order valence-corrected chi connectivity index (χ2v) is 8.40. The van der Waals surface area contributed by atoms with E-state index in [1.165, 1.54) is 12.1 Å². The van der Waals surface area contributed by atoms with Crippen molar-refractivity contribution in [3.63, 3.8) is 0 Å². The molecule has 0 atom stereocenters. The molecule has 1 N–H and O–H groups in total. The summed E-state index contributed by atoms with van der Waals surface area (Å²) < 4.78 is 18.7. The highest BCUT2D eigenvalue weighted by atomic mass is 19.1. The summed E-state index contributed by atoms with van der Waals surface area (Å²) in [5.74, 6) is 0.420. The quantitative estimate of drug-likeness (QED) is 0.578. The van der Waals surface area contributed by atoms with Gasteiger partial charge in [-0.3, -0.25) is 9.69 Å². The molecule has 1 fully saturated rings. The number of hydrogen-bond acceptors (Lipinski definition) is 5. The summed E-state index contributed by atoms with van der Waals surface area (Å²) in [5, 5.41) is 2.94. The van der Waals surface area contributed by atoms with Crippen LogP contribution in [-0.2, 0) is 6.54 Å². The zero-order chi connectivity index (χ0) is 23.2. The van der Waals surface area contributed by atoms with Gasteiger partial charge in [0.25, 0.3) is 5.91 Å². The topological polar surface area (TPSA) is 57.7 Å². The fourth-order valence-corrected chi connectivity index (χ4v) is 3.84. The lowest BCUT2D eigenvalue weighted by atomic mass is 10.1. The van der Waals surface area contributed by atoms with Crippen LogP contribution >= 0.6 is 0 Å². The van der Waals surface area contributed by atoms with Crippen LogP contribution in [0.1, 0.15) is 29.8 Å². The fraction of sp³-hybridized carbons (Fsp3) is 0.308. The van der Waals surface area contributed by atoms with Crippen molar-refractivity contribution in [1.82, 2.24) is 15.2 Å². The average Bonchev–Trinajstić information content (AvgIpc) is 2.84. The Morgan fingerprint density at radius 3 is 2.39 bits per heavy atom. The number of carbonyl (C=O) groups is 1. The third-order valence-corrected chi connectivity index (χ3v) is 5.83. The van der Waals surface area contributed by atoms with E-state index in [1.54, 1.807) is 24.4 Å². The number of halogens is 1. The number of nitrogens with one attached hydrogen (secondary N) is 1. The van der Waals surface area contributed by atoms with Crippen molar-refractivity contribution < 1.29 is 13.9 Å². The molecule has 1 saturated heterocycles. The van der Waals surface area contributed by atoms with Crippen molar-refractivity contribution in [2.75, 3.05) is 31.1 Å². The minimum absolute atomic E-state index is 0.135. The lowest BCUT2D eigenvalue weighted by Gasteiger charge is -2.38. The monoisotopic (exact) mass is 448 g/mol. The third kappa shape index (κ3) is 6.08. The summed E-state index contributed by atoms with van der Waals surface area (Å²) in [5.41, 5.74) is 2.62. The lowest BCUT2D eigenvalue weighted by Crippen LogP contribution is -2.48. The first-order chi connectivity index (χ1) is 16.0. The van der Waals surface area contributed by atoms with Gasteiger partial charge in [-0.1, -0.05) is 0 Å². The molecule has 2 aromatic carbocycles. The van der Waals surface area contributed by atoms with Gasteiger partial charge < -0.3 is 15.0 Å². The molecule has 0 bridgehead atoms. The number of pyridine rings is 1. The number of anilines is 1. The Morgan fingerprint density at radius 2 is 1.73 bits per heavy atom. The van der Waals surface area contributed by atoms with Crippen LogP contribution in [0.15, 0.2) is 66.9 Å². The van der Waals surface area contributed by atoms with Crippen molar-refractivity contribution in [1.29, 1.82) is 0 Å². The van der Waals surface area contributed by atoms with E-state index in [0.717, 1.165) is 37.4 Å². The Kier molecular flexibility index (Phi) is 7.19. The molecule has 0 aliphatic carbocycles. The smallest absolute Gasteiger partial charge is 0.251 e. The van der Waals surface area contributed by atoms with E-state index in [1.807, 2.05) is 30.3 Å². The number of benzene rings is 2. The summed E-state index contributed by atoms with van der Waals surface area (Å²) in [7, 11) is 0. The number of rotatable bonds is 7. The van der Waals surface area contributed by atoms with E-state index in [0.29, 0.717) is 29.8 Å². The predicted molar refractivity (Wildman–Crippen MR) is 127 cm³/mol. The van der Waals surface area contributed by atoms with Crippen molar-refractivity contribution in [3.8, 4) is 11.6 Å². The van der Waals surface area contributed by atoms with Crippen molar-refractivity contribution in [2.24, 2.45) is 0 Å². The molecule has 1 aromatic heterocycles. The molecule has 4 rings (SSSR count). The maximum absolute atomic E-state index is 13.0. The highest BCUT2D eigenvalue weighted by Gasteiger charge is 2.19. The Balaban J connectivity index is 1.30. The van der Waals surface area contributed by atoms with Gasteiger partial charge in [-0.15, -0.1) is 0 Å². The minimum atomic E-state index is -0.325. The Morgan fingerprint density at radius 1 is 1.03 bits per heavy atom. The van der Waals surface area contributed by atoms with Crippen LogP contribution < -0.4 is 15.0 Å². The maximum atomic E-state index is 13.0. The molecule has 33 heavy (non-hydrogen) atoms. The largest absolute Gasteiger partial charge is 0.439 e. The van der Waals surface area contributed by atoms with Crippen molar-refractivity contribution >= 4 is 11.6 Å². The van der Waals surface area contributed by atoms with Gasteiger partial charge in [0.05, 0.1) is 0 Å². The molecule has 0 radical (unpaired) electrons. The second-order valence-electron chi connectivity index (χ2n) is 8.40. The Hall–Kier alpha value is -3.45. The van der Waals surface area contributed by atoms with Crippen LogP contribution in [0.5, 0.6) is 11.6 Å². The van der Waals surface area contributed by atoms with Gasteiger partial charge in [-0.05, 0) is 74.0 Å². The molecular formula is C26H29FN4O2. The molecular weight excluding hydrogens is 419 g/mol. The minimum Gasteiger partial charge on any atom is -0.439 e. The molecule has 6 nitrogen and oxygen atoms in total. The number of carbonyl (C=O) groups excluding carboxylic acids is 1. The standard InChI is InChI=1S/C26H29FN4O2/c1-19(2)30-13-15-31(16-14-30)23-7-3-21(4-8-23)26(32)29-18-20-11-12-28-25(17-20)33-24-9-5-22(27)6-10-24/h3-12,17,19H,13-16,18H2,1-2H3,(H,29,32). The van der Waals surface area contributed by atoms with Gasteiger partial charge >= 0.3 is 0 Å². The van der Waals surface area contributed by atoms with Gasteiger partial charge in [-0.25, -0.2) is 9.37 Å². The third-order valence-electron chi connectivity index (χ3n) is 5.83. The molecule has 7 heteroatoms. The average molecular weight is 449 g/mol. The number of piperazine rings is 1. The van der Waals surface area contributed by atoms with Crippen LogP contribution in [0.25, 0.3) is 0 Å².